The topological polar surface area (TPSA) is 73.6 Å². The number of aliphatic hydroxyl groups is 1. The van der Waals surface area contributed by atoms with Crippen LogP contribution in [0.3, 0.4) is 0 Å². The number of benzene rings is 1. The standard InChI is InChI=1S/C18H22N2O3/c19-11-14-6-4-13(5-7-14)10-18(22)20-8-9-23-12-16(20)15-2-1-3-17(15)21/h4-7,15-17,21H,1-3,8-10,12H2/t15-,16-,17-/m1/s1. The molecule has 122 valence electrons. The largest absolute Gasteiger partial charge is 0.393 e. The maximum atomic E-state index is 12.7. The first-order chi connectivity index (χ1) is 11.2. The number of aliphatic hydroxyl groups excluding tert-OH is 1. The molecule has 0 unspecified atom stereocenters. The minimum absolute atomic E-state index is 0.0212. The van der Waals surface area contributed by atoms with Crippen molar-refractivity contribution in [3.05, 3.63) is 35.4 Å². The summed E-state index contributed by atoms with van der Waals surface area (Å²) in [6.07, 6.45) is 2.78. The third-order valence-electron chi connectivity index (χ3n) is 4.95. The molecule has 1 heterocycles. The second-order valence-electron chi connectivity index (χ2n) is 6.38. The van der Waals surface area contributed by atoms with Gasteiger partial charge < -0.3 is 14.7 Å². The Hall–Kier alpha value is -1.90. The van der Waals surface area contributed by atoms with Gasteiger partial charge in [-0.05, 0) is 30.5 Å². The summed E-state index contributed by atoms with van der Waals surface area (Å²) < 4.78 is 5.56. The van der Waals surface area contributed by atoms with Crippen LogP contribution in [0.15, 0.2) is 24.3 Å². The Bertz CT molecular complexity index is 593. The van der Waals surface area contributed by atoms with Gasteiger partial charge in [-0.2, -0.15) is 5.26 Å². The van der Waals surface area contributed by atoms with E-state index in [2.05, 4.69) is 6.07 Å². The number of amides is 1. The van der Waals surface area contributed by atoms with Gasteiger partial charge in [-0.1, -0.05) is 18.6 Å². The number of nitriles is 1. The highest BCUT2D eigenvalue weighted by atomic mass is 16.5. The Morgan fingerprint density at radius 3 is 2.78 bits per heavy atom. The number of rotatable bonds is 3. The van der Waals surface area contributed by atoms with Crippen molar-refractivity contribution < 1.29 is 14.6 Å². The lowest BCUT2D eigenvalue weighted by molar-refractivity contribution is -0.143. The van der Waals surface area contributed by atoms with Gasteiger partial charge in [0.05, 0.1) is 43.4 Å². The molecule has 1 aromatic rings. The van der Waals surface area contributed by atoms with Gasteiger partial charge in [0.15, 0.2) is 0 Å². The molecule has 1 amide bonds. The van der Waals surface area contributed by atoms with Crippen molar-refractivity contribution in [3.8, 4) is 6.07 Å². The number of ether oxygens (including phenoxy) is 1. The minimum Gasteiger partial charge on any atom is -0.393 e. The zero-order chi connectivity index (χ0) is 16.2. The molecule has 1 N–H and O–H groups in total. The predicted molar refractivity (Wildman–Crippen MR) is 84.5 cm³/mol. The first-order valence-electron chi connectivity index (χ1n) is 8.23. The summed E-state index contributed by atoms with van der Waals surface area (Å²) in [7, 11) is 0. The molecule has 5 heteroatoms. The fraction of sp³-hybridized carbons (Fsp3) is 0.556. The first-order valence-corrected chi connectivity index (χ1v) is 8.23. The maximum Gasteiger partial charge on any atom is 0.227 e. The third-order valence-corrected chi connectivity index (χ3v) is 4.95. The summed E-state index contributed by atoms with van der Waals surface area (Å²) >= 11 is 0. The molecule has 2 aliphatic rings. The summed E-state index contributed by atoms with van der Waals surface area (Å²) in [6.45, 7) is 1.66. The SMILES string of the molecule is N#Cc1ccc(CC(=O)N2CCOC[C@@H]2[C@H]2CCC[C@H]2O)cc1. The van der Waals surface area contributed by atoms with Crippen LogP contribution in [0.25, 0.3) is 0 Å². The Morgan fingerprint density at radius 1 is 1.35 bits per heavy atom. The molecule has 0 aromatic heterocycles. The van der Waals surface area contributed by atoms with Crippen LogP contribution in [0.2, 0.25) is 0 Å². The second-order valence-corrected chi connectivity index (χ2v) is 6.38. The molecule has 5 nitrogen and oxygen atoms in total. The van der Waals surface area contributed by atoms with E-state index >= 15 is 0 Å². The second kappa shape index (κ2) is 7.12. The van der Waals surface area contributed by atoms with Crippen LogP contribution in [0.4, 0.5) is 0 Å². The van der Waals surface area contributed by atoms with E-state index in [0.29, 0.717) is 31.7 Å². The summed E-state index contributed by atoms with van der Waals surface area (Å²) in [5.41, 5.74) is 1.51. The average Bonchev–Trinajstić information content (AvgIpc) is 3.01. The highest BCUT2D eigenvalue weighted by Crippen LogP contribution is 2.32. The molecular weight excluding hydrogens is 292 g/mol. The van der Waals surface area contributed by atoms with Gasteiger partial charge >= 0.3 is 0 Å². The first kappa shape index (κ1) is 16.0. The monoisotopic (exact) mass is 314 g/mol. The van der Waals surface area contributed by atoms with E-state index in [1.807, 2.05) is 17.0 Å². The zero-order valence-electron chi connectivity index (χ0n) is 13.1. The quantitative estimate of drug-likeness (QED) is 0.917. The average molecular weight is 314 g/mol. The Labute approximate surface area is 136 Å². The van der Waals surface area contributed by atoms with Crippen molar-refractivity contribution in [3.63, 3.8) is 0 Å². The van der Waals surface area contributed by atoms with Crippen molar-refractivity contribution in [2.75, 3.05) is 19.8 Å². The summed E-state index contributed by atoms with van der Waals surface area (Å²) in [5.74, 6) is 0.197. The molecular formula is C18H22N2O3. The molecule has 0 bridgehead atoms. The number of hydrogen-bond acceptors (Lipinski definition) is 4. The van der Waals surface area contributed by atoms with E-state index in [1.54, 1.807) is 12.1 Å². The van der Waals surface area contributed by atoms with Gasteiger partial charge in [0.25, 0.3) is 0 Å². The Morgan fingerprint density at radius 2 is 2.13 bits per heavy atom. The lowest BCUT2D eigenvalue weighted by Crippen LogP contribution is -2.54. The highest BCUT2D eigenvalue weighted by molar-refractivity contribution is 5.79. The number of morpholine rings is 1. The van der Waals surface area contributed by atoms with E-state index < -0.39 is 0 Å². The van der Waals surface area contributed by atoms with Crippen LogP contribution in [0.1, 0.15) is 30.4 Å². The Balaban J connectivity index is 1.69. The highest BCUT2D eigenvalue weighted by Gasteiger charge is 2.39. The summed E-state index contributed by atoms with van der Waals surface area (Å²) in [6, 6.07) is 9.19. The van der Waals surface area contributed by atoms with Gasteiger partial charge in [-0.15, -0.1) is 0 Å². The molecule has 3 atom stereocenters. The fourth-order valence-corrected chi connectivity index (χ4v) is 3.68. The summed E-state index contributed by atoms with van der Waals surface area (Å²) in [4.78, 5) is 14.6. The fourth-order valence-electron chi connectivity index (χ4n) is 3.68. The summed E-state index contributed by atoms with van der Waals surface area (Å²) in [5, 5.41) is 19.0. The molecule has 1 aromatic carbocycles. The number of carbonyl (C=O) groups excluding carboxylic acids is 1. The molecule has 0 radical (unpaired) electrons. The van der Waals surface area contributed by atoms with Gasteiger partial charge in [-0.3, -0.25) is 4.79 Å². The van der Waals surface area contributed by atoms with Crippen LogP contribution >= 0.6 is 0 Å². The molecule has 1 aliphatic carbocycles. The zero-order valence-corrected chi connectivity index (χ0v) is 13.1. The van der Waals surface area contributed by atoms with Crippen molar-refractivity contribution in [2.24, 2.45) is 5.92 Å². The predicted octanol–water partition coefficient (Wildman–Crippen LogP) is 1.49. The van der Waals surface area contributed by atoms with Gasteiger partial charge in [0, 0.05) is 12.5 Å². The smallest absolute Gasteiger partial charge is 0.227 e. The Kier molecular flexibility index (Phi) is 4.94. The van der Waals surface area contributed by atoms with E-state index in [4.69, 9.17) is 10.00 Å². The van der Waals surface area contributed by atoms with Gasteiger partial charge in [0.1, 0.15) is 0 Å². The van der Waals surface area contributed by atoms with Crippen molar-refractivity contribution in [2.45, 2.75) is 37.8 Å². The normalized spacial score (nSPS) is 27.7. The molecule has 23 heavy (non-hydrogen) atoms. The maximum absolute atomic E-state index is 12.7. The molecule has 1 saturated heterocycles. The lowest BCUT2D eigenvalue weighted by Gasteiger charge is -2.40. The van der Waals surface area contributed by atoms with Crippen molar-refractivity contribution >= 4 is 5.91 Å². The van der Waals surface area contributed by atoms with E-state index in [9.17, 15) is 9.90 Å². The molecule has 1 saturated carbocycles. The van der Waals surface area contributed by atoms with Crippen LogP contribution in [0.5, 0.6) is 0 Å². The van der Waals surface area contributed by atoms with Crippen LogP contribution in [0, 0.1) is 17.2 Å². The number of hydrogen-bond donors (Lipinski definition) is 1. The number of nitrogens with zero attached hydrogens (tertiary/aromatic N) is 2. The van der Waals surface area contributed by atoms with E-state index in [-0.39, 0.29) is 24.0 Å². The van der Waals surface area contributed by atoms with E-state index in [0.717, 1.165) is 24.8 Å². The van der Waals surface area contributed by atoms with Crippen LogP contribution < -0.4 is 0 Å². The van der Waals surface area contributed by atoms with Crippen molar-refractivity contribution in [1.29, 1.82) is 5.26 Å². The van der Waals surface area contributed by atoms with Gasteiger partial charge in [0.2, 0.25) is 5.91 Å². The number of carbonyl (C=O) groups is 1. The molecule has 0 spiro atoms. The lowest BCUT2D eigenvalue weighted by atomic mass is 9.93. The third kappa shape index (κ3) is 3.54. The van der Waals surface area contributed by atoms with E-state index in [1.165, 1.54) is 0 Å². The van der Waals surface area contributed by atoms with Gasteiger partial charge in [-0.25, -0.2) is 0 Å². The molecule has 3 rings (SSSR count). The van der Waals surface area contributed by atoms with Crippen molar-refractivity contribution in [1.82, 2.24) is 4.90 Å². The minimum atomic E-state index is -0.327. The van der Waals surface area contributed by atoms with Crippen LogP contribution in [-0.4, -0.2) is 47.8 Å². The molecule has 1 aliphatic heterocycles. The van der Waals surface area contributed by atoms with Crippen LogP contribution in [-0.2, 0) is 16.0 Å². The molecule has 2 fully saturated rings.